The van der Waals surface area contributed by atoms with Gasteiger partial charge in [-0.1, -0.05) is 0 Å². The van der Waals surface area contributed by atoms with Crippen molar-refractivity contribution in [3.63, 3.8) is 0 Å². The zero-order valence-electron chi connectivity index (χ0n) is 31.8. The maximum Gasteiger partial charge on any atom is 0.423 e. The lowest BCUT2D eigenvalue weighted by Crippen LogP contribution is -2.28. The van der Waals surface area contributed by atoms with E-state index in [9.17, 15) is 64.1 Å². The first-order chi connectivity index (χ1) is 27.6. The van der Waals surface area contributed by atoms with Gasteiger partial charge in [-0.15, -0.1) is 12.4 Å². The van der Waals surface area contributed by atoms with Crippen LogP contribution < -0.4 is 20.9 Å². The Balaban J connectivity index is 0.000000158. The monoisotopic (exact) mass is 884 g/mol. The van der Waals surface area contributed by atoms with Crippen molar-refractivity contribution in [3.8, 4) is 0 Å². The lowest BCUT2D eigenvalue weighted by Gasteiger charge is -2.25. The van der Waals surface area contributed by atoms with Gasteiger partial charge < -0.3 is 20.9 Å². The van der Waals surface area contributed by atoms with Gasteiger partial charge in [0.1, 0.15) is 16.9 Å². The van der Waals surface area contributed by atoms with Crippen molar-refractivity contribution in [2.75, 3.05) is 15.5 Å². The van der Waals surface area contributed by atoms with E-state index in [1.54, 1.807) is 6.07 Å². The number of halogens is 11. The number of nitro benzene ring substituents is 2. The Labute approximate surface area is 344 Å². The number of nitrogens with one attached hydrogen (secondary N) is 1. The van der Waals surface area contributed by atoms with Crippen molar-refractivity contribution < 1.29 is 53.8 Å². The third kappa shape index (κ3) is 10.5. The van der Waals surface area contributed by atoms with E-state index in [0.717, 1.165) is 75.6 Å². The Morgan fingerprint density at radius 2 is 0.867 bits per heavy atom. The lowest BCUT2D eigenvalue weighted by molar-refractivity contribution is -0.388. The number of anilines is 3. The van der Waals surface area contributed by atoms with Crippen molar-refractivity contribution in [1.82, 2.24) is 5.32 Å². The number of nitrogens with two attached hydrogens (primary N) is 1. The first-order valence-electron chi connectivity index (χ1n) is 19.3. The number of rotatable bonds is 4. The second kappa shape index (κ2) is 18.2. The van der Waals surface area contributed by atoms with E-state index in [4.69, 9.17) is 5.73 Å². The predicted molar refractivity (Wildman–Crippen MR) is 205 cm³/mol. The molecule has 0 aliphatic carbocycles. The van der Waals surface area contributed by atoms with Crippen LogP contribution in [0, 0.1) is 26.0 Å². The highest BCUT2D eigenvalue weighted by molar-refractivity contribution is 5.85. The minimum atomic E-state index is -4.93. The van der Waals surface area contributed by atoms with E-state index in [2.05, 4.69) is 10.2 Å². The van der Waals surface area contributed by atoms with Crippen molar-refractivity contribution in [2.24, 2.45) is 0 Å². The molecule has 0 radical (unpaired) electrons. The highest BCUT2D eigenvalue weighted by atomic mass is 35.5. The molecule has 0 unspecified atom stereocenters. The summed E-state index contributed by atoms with van der Waals surface area (Å²) in [7, 11) is 0. The molecule has 6 aliphatic rings. The molecule has 330 valence electrons. The molecule has 6 saturated heterocycles. The zero-order valence-corrected chi connectivity index (χ0v) is 32.6. The molecule has 0 aromatic heterocycles. The minimum Gasteiger partial charge on any atom is -0.398 e. The Bertz CT molecular complexity index is 1960. The van der Waals surface area contributed by atoms with Crippen molar-refractivity contribution in [3.05, 3.63) is 97.3 Å². The van der Waals surface area contributed by atoms with Crippen molar-refractivity contribution >= 4 is 40.8 Å². The third-order valence-electron chi connectivity index (χ3n) is 12.0. The Kier molecular flexibility index (Phi) is 14.1. The maximum atomic E-state index is 13.0. The summed E-state index contributed by atoms with van der Waals surface area (Å²) >= 11 is 0. The van der Waals surface area contributed by atoms with Gasteiger partial charge in [0, 0.05) is 65.4 Å². The molecule has 21 heteroatoms. The summed E-state index contributed by atoms with van der Waals surface area (Å²) in [6.45, 7) is 0. The quantitative estimate of drug-likeness (QED) is 0.115. The summed E-state index contributed by atoms with van der Waals surface area (Å²) in [5.74, 6) is -1.16. The molecule has 0 spiro atoms. The van der Waals surface area contributed by atoms with Gasteiger partial charge in [-0.2, -0.15) is 39.5 Å². The lowest BCUT2D eigenvalue weighted by atomic mass is 10.0. The third-order valence-corrected chi connectivity index (χ3v) is 12.0. The molecule has 6 bridgehead atoms. The Morgan fingerprint density at radius 1 is 0.533 bits per heavy atom. The number of hydrogen-bond donors (Lipinski definition) is 2. The first kappa shape index (κ1) is 46.5. The normalized spacial score (nSPS) is 24.8. The van der Waals surface area contributed by atoms with Crippen LogP contribution in [0.2, 0.25) is 0 Å². The van der Waals surface area contributed by atoms with Crippen LogP contribution >= 0.6 is 12.4 Å². The van der Waals surface area contributed by atoms with Crippen LogP contribution in [0.4, 0.5) is 72.3 Å². The van der Waals surface area contributed by atoms with Gasteiger partial charge in [0.15, 0.2) is 0 Å². The molecular weight excluding hydrogens is 842 g/mol. The van der Waals surface area contributed by atoms with Gasteiger partial charge in [-0.25, -0.2) is 4.39 Å². The molecule has 10 nitrogen and oxygen atoms in total. The summed E-state index contributed by atoms with van der Waals surface area (Å²) in [6, 6.07) is 12.0. The molecule has 6 fully saturated rings. The van der Waals surface area contributed by atoms with Gasteiger partial charge in [0.05, 0.1) is 15.4 Å². The van der Waals surface area contributed by atoms with Crippen LogP contribution in [0.25, 0.3) is 0 Å². The maximum absolute atomic E-state index is 13.0. The number of benzene rings is 3. The molecule has 0 amide bonds. The SMILES string of the molecule is C1CC2CCC1N2.Cl.Nc1ccc(N2C3CCC2CC3)cc1C(F)(F)F.O=[N+]([O-])c1ccc(F)cc1C(F)(F)F.O=[N+]([O-])c1ccc(N2C3CCC2CC3)cc1C(F)(F)F. The summed E-state index contributed by atoms with van der Waals surface area (Å²) in [6.07, 6.45) is 0.114. The van der Waals surface area contributed by atoms with Crippen LogP contribution in [-0.2, 0) is 18.5 Å². The highest BCUT2D eigenvalue weighted by Crippen LogP contribution is 2.46. The fourth-order valence-electron chi connectivity index (χ4n) is 9.34. The van der Waals surface area contributed by atoms with E-state index in [-0.39, 0.29) is 36.2 Å². The smallest absolute Gasteiger partial charge is 0.398 e. The molecule has 3 N–H and O–H groups in total. The number of nitrogens with zero attached hydrogens (tertiary/aromatic N) is 4. The number of nitrogen functional groups attached to an aromatic ring is 1. The van der Waals surface area contributed by atoms with E-state index < -0.39 is 62.3 Å². The topological polar surface area (TPSA) is 131 Å². The van der Waals surface area contributed by atoms with Crippen LogP contribution in [0.1, 0.15) is 93.7 Å². The van der Waals surface area contributed by atoms with E-state index >= 15 is 0 Å². The summed E-state index contributed by atoms with van der Waals surface area (Å²) in [5.41, 5.74) is 0.850. The van der Waals surface area contributed by atoms with Crippen LogP contribution in [-0.4, -0.2) is 46.1 Å². The van der Waals surface area contributed by atoms with Crippen molar-refractivity contribution in [1.29, 1.82) is 0 Å². The summed E-state index contributed by atoms with van der Waals surface area (Å²) < 4.78 is 126. The molecule has 3 aromatic rings. The van der Waals surface area contributed by atoms with Gasteiger partial charge in [-0.3, -0.25) is 20.2 Å². The van der Waals surface area contributed by atoms with Gasteiger partial charge in [0.25, 0.3) is 11.4 Å². The van der Waals surface area contributed by atoms with E-state index in [1.807, 2.05) is 4.90 Å². The minimum absolute atomic E-state index is 0. The average molecular weight is 885 g/mol. The van der Waals surface area contributed by atoms with Crippen LogP contribution in [0.5, 0.6) is 0 Å². The zero-order chi connectivity index (χ0) is 43.0. The summed E-state index contributed by atoms with van der Waals surface area (Å²) in [4.78, 5) is 22.9. The fourth-order valence-corrected chi connectivity index (χ4v) is 9.34. The summed E-state index contributed by atoms with van der Waals surface area (Å²) in [5, 5.41) is 24.4. The average Bonchev–Trinajstić information content (AvgIpc) is 4.05. The second-order valence-corrected chi connectivity index (χ2v) is 15.6. The standard InChI is InChI=1S/C13H13F3N2O2.C13H15F3N2.C7H3F4NO2.C6H11N.ClH/c14-13(15,16)11-7-10(5-6-12(11)18(19)20)17-8-1-2-9(17)4-3-8;14-13(15,16)11-7-10(5-6-12(11)17)18-8-1-2-9(18)4-3-8;8-4-1-2-6(12(13)14)5(3-4)7(9,10)11;1-2-6-4-3-5(1)7-6;/h5-9H,1-4H2;5-9H,1-4,17H2;1-3H;5-7H,1-4H2;1H. The van der Waals surface area contributed by atoms with Crippen molar-refractivity contribution in [2.45, 2.75) is 132 Å². The molecule has 0 saturated carbocycles. The number of nitro groups is 2. The largest absolute Gasteiger partial charge is 0.423 e. The molecule has 6 heterocycles. The Hall–Kier alpha value is -4.59. The van der Waals surface area contributed by atoms with Crippen LogP contribution in [0.15, 0.2) is 54.6 Å². The molecule has 6 aliphatic heterocycles. The number of hydrogen-bond acceptors (Lipinski definition) is 8. The van der Waals surface area contributed by atoms with Gasteiger partial charge in [0.2, 0.25) is 0 Å². The highest BCUT2D eigenvalue weighted by Gasteiger charge is 2.44. The fraction of sp³-hybridized carbons (Fsp3) is 0.538. The van der Waals surface area contributed by atoms with Gasteiger partial charge >= 0.3 is 18.5 Å². The van der Waals surface area contributed by atoms with E-state index in [1.165, 1.54) is 43.9 Å². The number of fused-ring (bicyclic) bond motifs is 6. The first-order valence-corrected chi connectivity index (χ1v) is 19.3. The number of alkyl halides is 9. The second-order valence-electron chi connectivity index (χ2n) is 15.6. The molecule has 0 atom stereocenters. The molecule has 3 aromatic carbocycles. The molecular formula is C39H43ClF10N6O4. The predicted octanol–water partition coefficient (Wildman–Crippen LogP) is 11.2. The van der Waals surface area contributed by atoms with Crippen LogP contribution in [0.3, 0.4) is 0 Å². The molecule has 60 heavy (non-hydrogen) atoms. The van der Waals surface area contributed by atoms with E-state index in [0.29, 0.717) is 35.6 Å². The van der Waals surface area contributed by atoms with Gasteiger partial charge in [-0.05, 0) is 120 Å². The Morgan fingerprint density at radius 3 is 1.20 bits per heavy atom. The molecule has 9 rings (SSSR count).